The number of amidine groups is 1. The molecule has 2 aliphatic rings. The molecular weight excluding hydrogens is 352 g/mol. The van der Waals surface area contributed by atoms with E-state index >= 15 is 0 Å². The van der Waals surface area contributed by atoms with E-state index in [4.69, 9.17) is 4.99 Å². The second-order valence-electron chi connectivity index (χ2n) is 7.56. The molecule has 142 valence electrons. The fourth-order valence-corrected chi connectivity index (χ4v) is 4.49. The number of nitrogens with zero attached hydrogens (tertiary/aromatic N) is 3. The molecule has 28 heavy (non-hydrogen) atoms. The minimum Gasteiger partial charge on any atom is -0.351 e. The topological polar surface area (TPSA) is 74.5 Å². The zero-order valence-electron chi connectivity index (χ0n) is 15.8. The Bertz CT molecular complexity index is 1080. The summed E-state index contributed by atoms with van der Waals surface area (Å²) in [7, 11) is 0. The van der Waals surface area contributed by atoms with Crippen molar-refractivity contribution in [1.29, 1.82) is 0 Å². The van der Waals surface area contributed by atoms with Gasteiger partial charge in [0.2, 0.25) is 0 Å². The molecule has 0 amide bonds. The van der Waals surface area contributed by atoms with Gasteiger partial charge in [-0.3, -0.25) is 14.5 Å². The average Bonchev–Trinajstić information content (AvgIpc) is 3.41. The van der Waals surface area contributed by atoms with Crippen molar-refractivity contribution in [3.05, 3.63) is 64.6 Å². The molecule has 6 nitrogen and oxygen atoms in total. The van der Waals surface area contributed by atoms with Crippen LogP contribution in [0.4, 0.5) is 0 Å². The van der Waals surface area contributed by atoms with Crippen LogP contribution in [-0.4, -0.2) is 33.0 Å². The molecule has 1 aromatic heterocycles. The molecule has 0 radical (unpaired) electrons. The van der Waals surface area contributed by atoms with Crippen LogP contribution in [0.25, 0.3) is 22.5 Å². The molecule has 3 aromatic rings. The molecule has 0 spiro atoms. The monoisotopic (exact) mass is 374 g/mol. The third-order valence-electron chi connectivity index (χ3n) is 5.85. The molecule has 5 rings (SSSR count). The zero-order chi connectivity index (χ0) is 19.1. The van der Waals surface area contributed by atoms with Gasteiger partial charge in [-0.1, -0.05) is 53.7 Å². The Morgan fingerprint density at radius 2 is 1.89 bits per heavy atom. The highest BCUT2D eigenvalue weighted by molar-refractivity contribution is 5.82. The van der Waals surface area contributed by atoms with Gasteiger partial charge in [0, 0.05) is 12.1 Å². The summed E-state index contributed by atoms with van der Waals surface area (Å²) in [5, 5.41) is 3.83. The summed E-state index contributed by atoms with van der Waals surface area (Å²) in [6.07, 6.45) is 3.74. The predicted octanol–water partition coefficient (Wildman–Crippen LogP) is 3.85. The van der Waals surface area contributed by atoms with Crippen LogP contribution >= 0.6 is 0 Å². The number of hydrogen-bond donors (Lipinski definition) is 1. The second-order valence-corrected chi connectivity index (χ2v) is 7.56. The normalized spacial score (nSPS) is 21.0. The van der Waals surface area contributed by atoms with Gasteiger partial charge in [0.1, 0.15) is 0 Å². The van der Waals surface area contributed by atoms with E-state index in [-0.39, 0.29) is 0 Å². The molecular formula is C22H22N4O2. The van der Waals surface area contributed by atoms with Crippen molar-refractivity contribution in [3.8, 4) is 22.5 Å². The number of aromatic nitrogens is 2. The molecule has 0 bridgehead atoms. The zero-order valence-corrected chi connectivity index (χ0v) is 15.8. The van der Waals surface area contributed by atoms with Gasteiger partial charge < -0.3 is 4.90 Å². The summed E-state index contributed by atoms with van der Waals surface area (Å²) < 4.78 is 4.67. The quantitative estimate of drug-likeness (QED) is 0.753. The van der Waals surface area contributed by atoms with Gasteiger partial charge in [0.15, 0.2) is 5.82 Å². The number of fused-ring (bicyclic) bond motifs is 1. The molecule has 1 aliphatic heterocycles. The summed E-state index contributed by atoms with van der Waals surface area (Å²) in [5.74, 6) is 1.06. The molecule has 2 aromatic carbocycles. The maximum atomic E-state index is 11.3. The predicted molar refractivity (Wildman–Crippen MR) is 108 cm³/mol. The van der Waals surface area contributed by atoms with Gasteiger partial charge >= 0.3 is 5.76 Å². The SMILES string of the molecule is CC1=NC2CCCC2N1Cc1ccc(-c2ccccc2-c2noc(=O)[nH]2)cc1. The standard InChI is InChI=1S/C22H22N4O2/c1-14-23-19-7-4-8-20(19)26(14)13-15-9-11-16(12-10-15)17-5-2-3-6-18(17)21-24-22(27)28-25-21/h2-3,5-6,9-12,19-20H,4,7-8,13H2,1H3,(H,24,25,27). The van der Waals surface area contributed by atoms with Crippen molar-refractivity contribution in [2.75, 3.05) is 0 Å². The van der Waals surface area contributed by atoms with E-state index in [2.05, 4.69) is 50.8 Å². The summed E-state index contributed by atoms with van der Waals surface area (Å²) in [6, 6.07) is 17.5. The van der Waals surface area contributed by atoms with Crippen LogP contribution in [-0.2, 0) is 6.54 Å². The number of aromatic amines is 1. The van der Waals surface area contributed by atoms with E-state index in [0.717, 1.165) is 23.2 Å². The van der Waals surface area contributed by atoms with Crippen LogP contribution in [0.15, 0.2) is 62.8 Å². The van der Waals surface area contributed by atoms with Crippen LogP contribution < -0.4 is 5.76 Å². The van der Waals surface area contributed by atoms with Gasteiger partial charge in [-0.2, -0.15) is 0 Å². The Morgan fingerprint density at radius 3 is 2.64 bits per heavy atom. The van der Waals surface area contributed by atoms with Crippen molar-refractivity contribution in [1.82, 2.24) is 15.0 Å². The van der Waals surface area contributed by atoms with E-state index in [1.807, 2.05) is 24.3 Å². The third kappa shape index (κ3) is 2.95. The van der Waals surface area contributed by atoms with E-state index in [1.165, 1.54) is 30.7 Å². The highest BCUT2D eigenvalue weighted by Gasteiger charge is 2.37. The molecule has 1 fully saturated rings. The van der Waals surface area contributed by atoms with Crippen molar-refractivity contribution >= 4 is 5.84 Å². The molecule has 6 heteroatoms. The first-order chi connectivity index (χ1) is 13.7. The van der Waals surface area contributed by atoms with Crippen LogP contribution in [0.1, 0.15) is 31.7 Å². The highest BCUT2D eigenvalue weighted by Crippen LogP contribution is 2.34. The number of hydrogen-bond acceptors (Lipinski definition) is 5. The fraction of sp³-hybridized carbons (Fsp3) is 0.318. The molecule has 2 heterocycles. The Hall–Kier alpha value is -3.15. The van der Waals surface area contributed by atoms with Crippen molar-refractivity contribution in [2.24, 2.45) is 4.99 Å². The molecule has 1 aliphatic carbocycles. The number of H-pyrrole nitrogens is 1. The Balaban J connectivity index is 1.41. The number of aliphatic imine (C=N–C) groups is 1. The lowest BCUT2D eigenvalue weighted by molar-refractivity contribution is 0.317. The van der Waals surface area contributed by atoms with Crippen molar-refractivity contribution < 1.29 is 4.52 Å². The van der Waals surface area contributed by atoms with Crippen LogP contribution in [0.5, 0.6) is 0 Å². The van der Waals surface area contributed by atoms with Gasteiger partial charge in [-0.15, -0.1) is 0 Å². The fourth-order valence-electron chi connectivity index (χ4n) is 4.49. The number of benzene rings is 2. The first kappa shape index (κ1) is 17.0. The molecule has 1 N–H and O–H groups in total. The van der Waals surface area contributed by atoms with E-state index in [9.17, 15) is 4.79 Å². The van der Waals surface area contributed by atoms with E-state index in [0.29, 0.717) is 17.9 Å². The Labute approximate surface area is 162 Å². The van der Waals surface area contributed by atoms with E-state index < -0.39 is 5.76 Å². The Morgan fingerprint density at radius 1 is 1.11 bits per heavy atom. The first-order valence-corrected chi connectivity index (χ1v) is 9.75. The van der Waals surface area contributed by atoms with E-state index in [1.54, 1.807) is 0 Å². The van der Waals surface area contributed by atoms with Gasteiger partial charge in [-0.25, -0.2) is 4.79 Å². The smallest absolute Gasteiger partial charge is 0.351 e. The number of rotatable bonds is 4. The minimum atomic E-state index is -0.548. The lowest BCUT2D eigenvalue weighted by atomic mass is 9.98. The summed E-state index contributed by atoms with van der Waals surface area (Å²) in [5.41, 5.74) is 4.21. The Kier molecular flexibility index (Phi) is 4.11. The lowest BCUT2D eigenvalue weighted by Gasteiger charge is -2.26. The summed E-state index contributed by atoms with van der Waals surface area (Å²) in [6.45, 7) is 3.02. The van der Waals surface area contributed by atoms with Gasteiger partial charge in [0.05, 0.1) is 17.9 Å². The van der Waals surface area contributed by atoms with Crippen molar-refractivity contribution in [3.63, 3.8) is 0 Å². The highest BCUT2D eigenvalue weighted by atomic mass is 16.5. The molecule has 0 saturated heterocycles. The van der Waals surface area contributed by atoms with Crippen molar-refractivity contribution in [2.45, 2.75) is 44.8 Å². The van der Waals surface area contributed by atoms with Gasteiger partial charge in [-0.05, 0) is 42.9 Å². The first-order valence-electron chi connectivity index (χ1n) is 9.75. The van der Waals surface area contributed by atoms with Crippen LogP contribution in [0.3, 0.4) is 0 Å². The lowest BCUT2D eigenvalue weighted by Crippen LogP contribution is -2.35. The largest absolute Gasteiger partial charge is 0.439 e. The summed E-state index contributed by atoms with van der Waals surface area (Å²) in [4.78, 5) is 21.3. The number of nitrogens with one attached hydrogen (secondary N) is 1. The summed E-state index contributed by atoms with van der Waals surface area (Å²) >= 11 is 0. The molecule has 2 unspecified atom stereocenters. The molecule has 1 saturated carbocycles. The van der Waals surface area contributed by atoms with Gasteiger partial charge in [0.25, 0.3) is 0 Å². The average molecular weight is 374 g/mol. The third-order valence-corrected chi connectivity index (χ3v) is 5.85. The minimum absolute atomic E-state index is 0.445. The van der Waals surface area contributed by atoms with Crippen LogP contribution in [0, 0.1) is 0 Å². The maximum Gasteiger partial charge on any atom is 0.439 e. The molecule has 2 atom stereocenters. The maximum absolute atomic E-state index is 11.3. The second kappa shape index (κ2) is 6.78. The van der Waals surface area contributed by atoms with Crippen LogP contribution in [0.2, 0.25) is 0 Å².